The smallest absolute Gasteiger partial charge is 0.462 e. The normalized spacial score (nSPS) is 14.5. The molecule has 0 aliphatic rings. The molecule has 0 radical (unpaired) electrons. The second kappa shape index (κ2) is 59.4. The Labute approximate surface area is 524 Å². The number of rotatable bonds is 66. The van der Waals surface area contributed by atoms with Crippen molar-refractivity contribution in [3.8, 4) is 0 Å². The predicted octanol–water partition coefficient (Wildman–Crippen LogP) is 18.8. The van der Waals surface area contributed by atoms with E-state index in [-0.39, 0.29) is 25.7 Å². The first-order chi connectivity index (χ1) is 41.4. The molecule has 0 rings (SSSR count). The molecule has 0 aliphatic carbocycles. The molecule has 0 fully saturated rings. The van der Waals surface area contributed by atoms with Crippen molar-refractivity contribution in [2.45, 2.75) is 355 Å². The number of phosphoric acid groups is 2. The Bertz CT molecular complexity index is 1690. The van der Waals surface area contributed by atoms with Crippen molar-refractivity contribution in [3.05, 3.63) is 0 Å². The van der Waals surface area contributed by atoms with Crippen LogP contribution in [-0.2, 0) is 65.4 Å². The summed E-state index contributed by atoms with van der Waals surface area (Å²) in [5, 5.41) is 10.6. The van der Waals surface area contributed by atoms with Gasteiger partial charge in [0, 0.05) is 25.7 Å². The van der Waals surface area contributed by atoms with Crippen LogP contribution in [0.4, 0.5) is 0 Å². The van der Waals surface area contributed by atoms with Gasteiger partial charge in [-0.1, -0.05) is 286 Å². The number of unbranched alkanes of at least 4 members (excludes halogenated alkanes) is 35. The first-order valence-corrected chi connectivity index (χ1v) is 38.0. The van der Waals surface area contributed by atoms with Gasteiger partial charge in [-0.3, -0.25) is 37.3 Å². The van der Waals surface area contributed by atoms with Gasteiger partial charge in [-0.15, -0.1) is 0 Å². The summed E-state index contributed by atoms with van der Waals surface area (Å²) in [4.78, 5) is 72.3. The van der Waals surface area contributed by atoms with E-state index in [2.05, 4.69) is 41.5 Å². The lowest BCUT2D eigenvalue weighted by Crippen LogP contribution is -2.30. The summed E-state index contributed by atoms with van der Waals surface area (Å²) >= 11 is 0. The molecule has 0 aromatic heterocycles. The van der Waals surface area contributed by atoms with Crippen LogP contribution in [0.5, 0.6) is 0 Å². The second-order valence-corrected chi connectivity index (χ2v) is 27.8. The van der Waals surface area contributed by atoms with Crippen molar-refractivity contribution in [1.29, 1.82) is 0 Å². The lowest BCUT2D eigenvalue weighted by atomic mass is 10.00. The summed E-state index contributed by atoms with van der Waals surface area (Å²) in [6, 6.07) is 0. The molecule has 0 saturated heterocycles. The molecule has 0 aromatic rings. The van der Waals surface area contributed by atoms with E-state index in [0.29, 0.717) is 31.6 Å². The number of ether oxygens (including phenoxy) is 4. The highest BCUT2D eigenvalue weighted by Crippen LogP contribution is 2.45. The Balaban J connectivity index is 5.24. The van der Waals surface area contributed by atoms with Gasteiger partial charge in [-0.2, -0.15) is 0 Å². The third-order valence-electron chi connectivity index (χ3n) is 15.8. The van der Waals surface area contributed by atoms with Crippen molar-refractivity contribution in [2.24, 2.45) is 11.8 Å². The van der Waals surface area contributed by atoms with Crippen LogP contribution < -0.4 is 0 Å². The fourth-order valence-corrected chi connectivity index (χ4v) is 11.6. The zero-order chi connectivity index (χ0) is 63.6. The highest BCUT2D eigenvalue weighted by atomic mass is 31.2. The summed E-state index contributed by atoms with van der Waals surface area (Å²) in [5.74, 6) is -0.732. The molecule has 0 aromatic carbocycles. The standard InChI is InChI=1S/C67H130O17P2/c1-7-10-12-14-16-18-20-22-23-24-26-28-30-39-45-51-66(71)83-62(55-77-64(69)49-43-37-29-27-25-21-19-17-15-13-11-8-2)57-81-85(73,74)79-53-61(68)54-80-86(75,76)82-58-63(56-78-65(70)50-44-38-33-31-35-41-47-59(4)5)84-67(72)52-46-40-34-32-36-42-48-60(6)9-3/h59-63,68H,7-58H2,1-6H3,(H,73,74)(H,75,76)/t60?,61-,62-,63-/m1/s1. The third-order valence-corrected chi connectivity index (χ3v) is 17.7. The second-order valence-electron chi connectivity index (χ2n) is 24.9. The van der Waals surface area contributed by atoms with Crippen LogP contribution >= 0.6 is 15.6 Å². The number of hydrogen-bond acceptors (Lipinski definition) is 15. The van der Waals surface area contributed by atoms with Crippen LogP contribution in [0.25, 0.3) is 0 Å². The van der Waals surface area contributed by atoms with Crippen LogP contribution in [0, 0.1) is 11.8 Å². The van der Waals surface area contributed by atoms with Crippen LogP contribution in [0.15, 0.2) is 0 Å². The predicted molar refractivity (Wildman–Crippen MR) is 345 cm³/mol. The number of hydrogen-bond donors (Lipinski definition) is 3. The summed E-state index contributed by atoms with van der Waals surface area (Å²) in [5.41, 5.74) is 0. The van der Waals surface area contributed by atoms with E-state index in [1.807, 2.05) is 0 Å². The first kappa shape index (κ1) is 84.1. The number of aliphatic hydroxyl groups excluding tert-OH is 1. The Kier molecular flexibility index (Phi) is 58.0. The van der Waals surface area contributed by atoms with Gasteiger partial charge in [0.15, 0.2) is 12.2 Å². The average molecular weight is 1270 g/mol. The fourth-order valence-electron chi connectivity index (χ4n) is 10.0. The molecule has 6 atom stereocenters. The average Bonchev–Trinajstić information content (AvgIpc) is 3.62. The molecule has 0 saturated carbocycles. The molecule has 0 amide bonds. The van der Waals surface area contributed by atoms with Gasteiger partial charge in [-0.25, -0.2) is 9.13 Å². The van der Waals surface area contributed by atoms with Crippen LogP contribution in [0.2, 0.25) is 0 Å². The minimum absolute atomic E-state index is 0.102. The van der Waals surface area contributed by atoms with Crippen LogP contribution in [0.3, 0.4) is 0 Å². The SMILES string of the molecule is CCCCCCCCCCCCCCCCCC(=O)O[C@H](COC(=O)CCCCCCCCCCCCCC)COP(=O)(O)OC[C@@H](O)COP(=O)(O)OC[C@@H](COC(=O)CCCCCCCCC(C)C)OC(=O)CCCCCCCCC(C)CC. The van der Waals surface area contributed by atoms with Gasteiger partial charge in [0.2, 0.25) is 0 Å². The van der Waals surface area contributed by atoms with E-state index in [0.717, 1.165) is 102 Å². The first-order valence-electron chi connectivity index (χ1n) is 35.0. The Morgan fingerprint density at radius 2 is 0.593 bits per heavy atom. The highest BCUT2D eigenvalue weighted by Gasteiger charge is 2.30. The maximum atomic E-state index is 13.0. The molecule has 3 unspecified atom stereocenters. The summed E-state index contributed by atoms with van der Waals surface area (Å²) in [6.45, 7) is 9.39. The zero-order valence-electron chi connectivity index (χ0n) is 55.6. The lowest BCUT2D eigenvalue weighted by molar-refractivity contribution is -0.161. The summed E-state index contributed by atoms with van der Waals surface area (Å²) in [6.07, 6.45) is 43.2. The molecule has 510 valence electrons. The van der Waals surface area contributed by atoms with E-state index in [9.17, 15) is 43.2 Å². The number of carbonyl (C=O) groups is 4. The molecule has 3 N–H and O–H groups in total. The number of carbonyl (C=O) groups excluding carboxylic acids is 4. The summed E-state index contributed by atoms with van der Waals surface area (Å²) < 4.78 is 68.1. The minimum atomic E-state index is -4.95. The maximum absolute atomic E-state index is 13.0. The topological polar surface area (TPSA) is 237 Å². The molecule has 17 nitrogen and oxygen atoms in total. The zero-order valence-corrected chi connectivity index (χ0v) is 57.4. The number of aliphatic hydroxyl groups is 1. The van der Waals surface area contributed by atoms with E-state index >= 15 is 0 Å². The molecule has 0 spiro atoms. The molecule has 0 bridgehead atoms. The van der Waals surface area contributed by atoms with E-state index in [1.165, 1.54) is 148 Å². The Hall–Kier alpha value is -1.94. The van der Waals surface area contributed by atoms with Crippen molar-refractivity contribution in [3.63, 3.8) is 0 Å². The monoisotopic (exact) mass is 1270 g/mol. The molecular weight excluding hydrogens is 1140 g/mol. The van der Waals surface area contributed by atoms with Gasteiger partial charge in [0.05, 0.1) is 26.4 Å². The Morgan fingerprint density at radius 3 is 0.884 bits per heavy atom. The van der Waals surface area contributed by atoms with E-state index in [4.69, 9.17) is 37.0 Å². The summed E-state index contributed by atoms with van der Waals surface area (Å²) in [7, 11) is -9.89. The van der Waals surface area contributed by atoms with E-state index in [1.54, 1.807) is 0 Å². The number of phosphoric ester groups is 2. The van der Waals surface area contributed by atoms with Gasteiger partial charge < -0.3 is 33.8 Å². The molecule has 19 heteroatoms. The van der Waals surface area contributed by atoms with Crippen LogP contribution in [0.1, 0.15) is 337 Å². The molecule has 0 heterocycles. The lowest BCUT2D eigenvalue weighted by Gasteiger charge is -2.21. The number of esters is 4. The van der Waals surface area contributed by atoms with Gasteiger partial charge in [-0.05, 0) is 37.5 Å². The third kappa shape index (κ3) is 59.7. The van der Waals surface area contributed by atoms with Gasteiger partial charge >= 0.3 is 39.5 Å². The Morgan fingerprint density at radius 1 is 0.337 bits per heavy atom. The molecule has 86 heavy (non-hydrogen) atoms. The van der Waals surface area contributed by atoms with Crippen molar-refractivity contribution in [2.75, 3.05) is 39.6 Å². The van der Waals surface area contributed by atoms with Crippen molar-refractivity contribution >= 4 is 39.5 Å². The quantitative estimate of drug-likeness (QED) is 0.0222. The van der Waals surface area contributed by atoms with E-state index < -0.39 is 97.5 Å². The van der Waals surface area contributed by atoms with Crippen molar-refractivity contribution in [1.82, 2.24) is 0 Å². The maximum Gasteiger partial charge on any atom is 0.472 e. The minimum Gasteiger partial charge on any atom is -0.462 e. The largest absolute Gasteiger partial charge is 0.472 e. The highest BCUT2D eigenvalue weighted by molar-refractivity contribution is 7.47. The molecule has 0 aliphatic heterocycles. The fraction of sp³-hybridized carbons (Fsp3) is 0.940. The van der Waals surface area contributed by atoms with Gasteiger partial charge in [0.1, 0.15) is 19.3 Å². The molecular formula is C67H130O17P2. The van der Waals surface area contributed by atoms with Crippen LogP contribution in [-0.4, -0.2) is 96.7 Å². The van der Waals surface area contributed by atoms with Crippen molar-refractivity contribution < 1.29 is 80.2 Å². The van der Waals surface area contributed by atoms with Gasteiger partial charge in [0.25, 0.3) is 0 Å².